The summed E-state index contributed by atoms with van der Waals surface area (Å²) in [6, 6.07) is 8.90. The van der Waals surface area contributed by atoms with E-state index in [0.717, 1.165) is 25.0 Å². The topological polar surface area (TPSA) is 75.1 Å². The fraction of sp³-hybridized carbons (Fsp3) is 0.552. The third kappa shape index (κ3) is 4.76. The molecule has 0 bridgehead atoms. The van der Waals surface area contributed by atoms with Gasteiger partial charge in [-0.2, -0.15) is 0 Å². The van der Waals surface area contributed by atoms with Crippen molar-refractivity contribution in [1.29, 1.82) is 5.41 Å². The first-order valence-corrected chi connectivity index (χ1v) is 12.3. The van der Waals surface area contributed by atoms with Crippen LogP contribution in [0.4, 0.5) is 0 Å². The van der Waals surface area contributed by atoms with Gasteiger partial charge in [0.2, 0.25) is 0 Å². The van der Waals surface area contributed by atoms with Gasteiger partial charge in [0.25, 0.3) is 0 Å². The van der Waals surface area contributed by atoms with Crippen LogP contribution in [0, 0.1) is 10.8 Å². The number of fused-ring (bicyclic) bond motifs is 1. The van der Waals surface area contributed by atoms with Crippen LogP contribution in [0.25, 0.3) is 11.3 Å². The summed E-state index contributed by atoms with van der Waals surface area (Å²) < 4.78 is 0. The van der Waals surface area contributed by atoms with Crippen LogP contribution in [0.3, 0.4) is 0 Å². The highest BCUT2D eigenvalue weighted by molar-refractivity contribution is 6.03. The van der Waals surface area contributed by atoms with Gasteiger partial charge in [-0.05, 0) is 76.8 Å². The minimum absolute atomic E-state index is 0.129. The van der Waals surface area contributed by atoms with Crippen LogP contribution in [0.1, 0.15) is 110 Å². The van der Waals surface area contributed by atoms with Gasteiger partial charge in [0.15, 0.2) is 5.84 Å². The molecule has 1 unspecified atom stereocenters. The van der Waals surface area contributed by atoms with Crippen molar-refractivity contribution >= 4 is 11.7 Å². The highest BCUT2D eigenvalue weighted by Crippen LogP contribution is 2.53. The molecule has 1 heterocycles. The van der Waals surface area contributed by atoms with Crippen LogP contribution in [-0.2, 0) is 10.8 Å². The quantitative estimate of drug-likeness (QED) is 0.360. The fourth-order valence-corrected chi connectivity index (χ4v) is 5.92. The Bertz CT molecular complexity index is 1070. The van der Waals surface area contributed by atoms with Gasteiger partial charge in [-0.15, -0.1) is 0 Å². The minimum Gasteiger partial charge on any atom is -0.387 e. The summed E-state index contributed by atoms with van der Waals surface area (Å²) in [6.07, 6.45) is 5.11. The number of aliphatic imine (C=N–C) groups is 1. The number of pyridine rings is 1. The number of nitrogens with two attached hydrogens (primary N) is 1. The number of hydrogen-bond donors (Lipinski definition) is 2. The molecule has 1 aliphatic rings. The number of nitrogens with zero attached hydrogens (tertiary/aromatic N) is 2. The number of amidine groups is 2. The van der Waals surface area contributed by atoms with Gasteiger partial charge in [0.1, 0.15) is 0 Å². The Balaban J connectivity index is 2.24. The lowest BCUT2D eigenvalue weighted by molar-refractivity contribution is 0.267. The first-order chi connectivity index (χ1) is 15.2. The molecule has 1 atom stereocenters. The molecule has 178 valence electrons. The average molecular weight is 447 g/mol. The van der Waals surface area contributed by atoms with E-state index in [-0.39, 0.29) is 22.1 Å². The van der Waals surface area contributed by atoms with E-state index in [1.54, 1.807) is 13.1 Å². The van der Waals surface area contributed by atoms with Crippen LogP contribution in [0.15, 0.2) is 35.5 Å². The van der Waals surface area contributed by atoms with Gasteiger partial charge in [-0.3, -0.25) is 10.4 Å². The SMILES string of the molecule is CCC(c1cc2c(cc1-c1ccc(C(=N)N=C(C)N)cn1)C(C)(C)CC2(C)C)C(C)(C)CC. The molecule has 2 aromatic rings. The van der Waals surface area contributed by atoms with Gasteiger partial charge < -0.3 is 5.73 Å². The largest absolute Gasteiger partial charge is 0.387 e. The average Bonchev–Trinajstić information content (AvgIpc) is 2.90. The molecule has 1 aromatic carbocycles. The number of hydrogen-bond acceptors (Lipinski definition) is 2. The number of aromatic nitrogens is 1. The summed E-state index contributed by atoms with van der Waals surface area (Å²) >= 11 is 0. The van der Waals surface area contributed by atoms with Crippen LogP contribution in [0.2, 0.25) is 0 Å². The first-order valence-electron chi connectivity index (χ1n) is 12.3. The maximum atomic E-state index is 8.17. The number of nitrogens with one attached hydrogen (secondary N) is 1. The summed E-state index contributed by atoms with van der Waals surface area (Å²) in [6.45, 7) is 20.6. The fourth-order valence-electron chi connectivity index (χ4n) is 5.92. The zero-order valence-corrected chi connectivity index (χ0v) is 22.1. The molecule has 0 radical (unpaired) electrons. The Kier molecular flexibility index (Phi) is 6.63. The Morgan fingerprint density at radius 1 is 1.12 bits per heavy atom. The molecule has 3 rings (SSSR count). The van der Waals surface area contributed by atoms with Crippen molar-refractivity contribution in [3.8, 4) is 11.3 Å². The van der Waals surface area contributed by atoms with E-state index >= 15 is 0 Å². The number of rotatable bonds is 6. The summed E-state index contributed by atoms with van der Waals surface area (Å²) in [5, 5.41) is 8.17. The van der Waals surface area contributed by atoms with Crippen LogP contribution in [0.5, 0.6) is 0 Å². The van der Waals surface area contributed by atoms with E-state index in [2.05, 4.69) is 72.5 Å². The lowest BCUT2D eigenvalue weighted by Gasteiger charge is -2.35. The Hall–Kier alpha value is -2.49. The monoisotopic (exact) mass is 446 g/mol. The normalized spacial score (nSPS) is 18.2. The van der Waals surface area contributed by atoms with Crippen molar-refractivity contribution in [2.24, 2.45) is 16.1 Å². The highest BCUT2D eigenvalue weighted by atomic mass is 14.9. The predicted molar refractivity (Wildman–Crippen MR) is 142 cm³/mol. The molecular formula is C29H42N4. The molecular weight excluding hydrogens is 404 g/mol. The van der Waals surface area contributed by atoms with Gasteiger partial charge in [0, 0.05) is 17.3 Å². The van der Waals surface area contributed by atoms with Crippen molar-refractivity contribution in [1.82, 2.24) is 4.98 Å². The summed E-state index contributed by atoms with van der Waals surface area (Å²) in [5.41, 5.74) is 13.3. The maximum Gasteiger partial charge on any atom is 0.155 e. The van der Waals surface area contributed by atoms with Crippen molar-refractivity contribution in [2.45, 2.75) is 98.3 Å². The molecule has 4 nitrogen and oxygen atoms in total. The molecule has 4 heteroatoms. The van der Waals surface area contributed by atoms with Gasteiger partial charge >= 0.3 is 0 Å². The first kappa shape index (κ1) is 25.1. The van der Waals surface area contributed by atoms with E-state index < -0.39 is 0 Å². The van der Waals surface area contributed by atoms with E-state index in [9.17, 15) is 0 Å². The second kappa shape index (κ2) is 8.70. The molecule has 33 heavy (non-hydrogen) atoms. The van der Waals surface area contributed by atoms with Crippen molar-refractivity contribution in [3.63, 3.8) is 0 Å². The molecule has 0 saturated carbocycles. The standard InChI is InChI=1S/C29H42N4/c1-10-22(27(4,5)11-2)20-14-23-24(29(8,9)17-28(23,6)7)15-21(20)25-13-12-19(16-32-25)26(31)33-18(3)30/h12-16,22H,10-11,17H2,1-9H3,(H3,30,31,33). The molecule has 1 aromatic heterocycles. The van der Waals surface area contributed by atoms with Crippen LogP contribution >= 0.6 is 0 Å². The molecule has 3 N–H and O–H groups in total. The number of benzene rings is 1. The van der Waals surface area contributed by atoms with Gasteiger partial charge in [0.05, 0.1) is 11.5 Å². The molecule has 0 fully saturated rings. The lowest BCUT2D eigenvalue weighted by Crippen LogP contribution is -2.22. The Labute approximate surface area is 200 Å². The smallest absolute Gasteiger partial charge is 0.155 e. The summed E-state index contributed by atoms with van der Waals surface area (Å²) in [7, 11) is 0. The van der Waals surface area contributed by atoms with E-state index in [1.165, 1.54) is 22.3 Å². The zero-order chi connectivity index (χ0) is 24.8. The molecule has 1 aliphatic carbocycles. The minimum atomic E-state index is 0.129. The second-order valence-electron chi connectivity index (χ2n) is 11.8. The Morgan fingerprint density at radius 3 is 2.21 bits per heavy atom. The van der Waals surface area contributed by atoms with E-state index in [0.29, 0.717) is 17.3 Å². The van der Waals surface area contributed by atoms with E-state index in [4.69, 9.17) is 16.1 Å². The third-order valence-corrected chi connectivity index (χ3v) is 7.77. The van der Waals surface area contributed by atoms with E-state index in [1.807, 2.05) is 12.1 Å². The van der Waals surface area contributed by atoms with Gasteiger partial charge in [-0.1, -0.05) is 67.9 Å². The van der Waals surface area contributed by atoms with Crippen LogP contribution in [-0.4, -0.2) is 16.7 Å². The Morgan fingerprint density at radius 2 is 1.73 bits per heavy atom. The van der Waals surface area contributed by atoms with Crippen molar-refractivity contribution in [2.75, 3.05) is 0 Å². The molecule has 0 spiro atoms. The summed E-state index contributed by atoms with van der Waals surface area (Å²) in [4.78, 5) is 8.89. The van der Waals surface area contributed by atoms with Crippen molar-refractivity contribution in [3.05, 3.63) is 52.7 Å². The predicted octanol–water partition coefficient (Wildman–Crippen LogP) is 7.34. The second-order valence-corrected chi connectivity index (χ2v) is 11.8. The van der Waals surface area contributed by atoms with Crippen LogP contribution < -0.4 is 5.73 Å². The van der Waals surface area contributed by atoms with Gasteiger partial charge in [-0.25, -0.2) is 4.99 Å². The highest BCUT2D eigenvalue weighted by Gasteiger charge is 2.43. The third-order valence-electron chi connectivity index (χ3n) is 7.77. The zero-order valence-electron chi connectivity index (χ0n) is 22.1. The molecule has 0 amide bonds. The maximum absolute atomic E-state index is 8.17. The molecule has 0 aliphatic heterocycles. The molecule has 0 saturated heterocycles. The summed E-state index contributed by atoms with van der Waals surface area (Å²) in [5.74, 6) is 0.957. The lowest BCUT2D eigenvalue weighted by atomic mass is 9.69. The van der Waals surface area contributed by atoms with Crippen molar-refractivity contribution < 1.29 is 0 Å².